The van der Waals surface area contributed by atoms with Crippen molar-refractivity contribution in [1.29, 1.82) is 0 Å². The minimum atomic E-state index is -5.16. The number of aromatic carboxylic acids is 2. The number of hydrogen-bond donors (Lipinski definition) is 4. The summed E-state index contributed by atoms with van der Waals surface area (Å²) in [5, 5.41) is 21.8. The van der Waals surface area contributed by atoms with Crippen LogP contribution in [0.15, 0.2) is 134 Å². The average Bonchev–Trinajstić information content (AvgIpc) is 3.93. The predicted molar refractivity (Wildman–Crippen MR) is 217 cm³/mol. The number of carboxylic acid groups (broad SMARTS) is 2. The molecular weight excluding hydrogens is 821 g/mol. The maximum Gasteiger partial charge on any atom is 0.385 e. The molecule has 0 aliphatic carbocycles. The summed E-state index contributed by atoms with van der Waals surface area (Å²) >= 11 is 0. The molecule has 0 amide bonds. The second-order valence-corrected chi connectivity index (χ2v) is 16.1. The molecular formula is C42H25N2O14S2+. The Labute approximate surface area is 336 Å². The lowest BCUT2D eigenvalue weighted by molar-refractivity contribution is -0.553. The molecule has 1 aliphatic rings. The van der Waals surface area contributed by atoms with Gasteiger partial charge in [-0.2, -0.15) is 16.8 Å². The first kappa shape index (κ1) is 37.9. The molecule has 9 rings (SSSR count). The minimum absolute atomic E-state index is 0.0159. The largest absolute Gasteiger partial charge is 0.478 e. The van der Waals surface area contributed by atoms with E-state index in [1.807, 2.05) is 6.07 Å². The number of nitrogens with zero attached hydrogens (tertiary/aromatic N) is 2. The highest BCUT2D eigenvalue weighted by molar-refractivity contribution is 7.94. The van der Waals surface area contributed by atoms with E-state index in [1.165, 1.54) is 24.3 Å². The Morgan fingerprint density at radius 2 is 1.38 bits per heavy atom. The SMILES string of the molecule is C=C=C=C([n+]1c(C=C(C=C2Oc3cc4c(cc3N2CS(=O)(=O)O)oc2ccccc24)c2ccc(C(=O)O)cc2C(=O)O)oc2cc3c(cc21)oc1ccccc13)S(=O)(=O)O. The Morgan fingerprint density at radius 3 is 2.00 bits per heavy atom. The third-order valence-corrected chi connectivity index (χ3v) is 11.0. The highest BCUT2D eigenvalue weighted by Crippen LogP contribution is 2.45. The van der Waals surface area contributed by atoms with E-state index >= 15 is 0 Å². The molecule has 0 spiro atoms. The van der Waals surface area contributed by atoms with Crippen molar-refractivity contribution >= 4 is 110 Å². The van der Waals surface area contributed by atoms with Crippen molar-refractivity contribution in [1.82, 2.24) is 0 Å². The fourth-order valence-corrected chi connectivity index (χ4v) is 8.39. The van der Waals surface area contributed by atoms with E-state index in [9.17, 15) is 45.7 Å². The van der Waals surface area contributed by atoms with Gasteiger partial charge in [-0.3, -0.25) is 14.0 Å². The van der Waals surface area contributed by atoms with Crippen molar-refractivity contribution < 1.29 is 68.3 Å². The van der Waals surface area contributed by atoms with Crippen LogP contribution >= 0.6 is 0 Å². The highest BCUT2D eigenvalue weighted by Gasteiger charge is 2.37. The molecule has 3 aromatic heterocycles. The molecule has 0 atom stereocenters. The summed E-state index contributed by atoms with van der Waals surface area (Å²) in [6.07, 6.45) is 2.34. The van der Waals surface area contributed by atoms with Crippen LogP contribution in [0.4, 0.5) is 5.69 Å². The monoisotopic (exact) mass is 845 g/mol. The second-order valence-electron chi connectivity index (χ2n) is 13.4. The lowest BCUT2D eigenvalue weighted by atomic mass is 9.96. The van der Waals surface area contributed by atoms with Gasteiger partial charge in [-0.15, -0.1) is 0 Å². The van der Waals surface area contributed by atoms with Crippen molar-refractivity contribution in [2.24, 2.45) is 0 Å². The zero-order valence-corrected chi connectivity index (χ0v) is 31.9. The number of furan rings is 2. The summed E-state index contributed by atoms with van der Waals surface area (Å²) in [6, 6.07) is 23.5. The van der Waals surface area contributed by atoms with Crippen LogP contribution in [0.5, 0.6) is 5.75 Å². The number of carbonyl (C=O) groups is 2. The van der Waals surface area contributed by atoms with E-state index in [2.05, 4.69) is 18.0 Å². The third kappa shape index (κ3) is 6.49. The molecule has 16 nitrogen and oxygen atoms in total. The van der Waals surface area contributed by atoms with Gasteiger partial charge in [0.25, 0.3) is 15.6 Å². The van der Waals surface area contributed by atoms with Gasteiger partial charge in [0.1, 0.15) is 22.3 Å². The Balaban J connectivity index is 1.35. The van der Waals surface area contributed by atoms with Gasteiger partial charge >= 0.3 is 33.0 Å². The van der Waals surface area contributed by atoms with E-state index in [0.29, 0.717) is 43.9 Å². The molecule has 0 radical (unpaired) electrons. The van der Waals surface area contributed by atoms with Crippen LogP contribution in [0.3, 0.4) is 0 Å². The lowest BCUT2D eigenvalue weighted by Crippen LogP contribution is -2.37. The lowest BCUT2D eigenvalue weighted by Gasteiger charge is -2.17. The Bertz CT molecular complexity index is 3610. The Morgan fingerprint density at radius 1 is 0.733 bits per heavy atom. The number of hydrogen-bond acceptors (Lipinski definition) is 11. The number of oxazole rings is 1. The van der Waals surface area contributed by atoms with Crippen LogP contribution in [0.1, 0.15) is 32.2 Å². The summed E-state index contributed by atoms with van der Waals surface area (Å²) < 4.78 is 97.0. The summed E-state index contributed by atoms with van der Waals surface area (Å²) in [6.45, 7) is 3.40. The van der Waals surface area contributed by atoms with Crippen LogP contribution in [-0.4, -0.2) is 54.0 Å². The predicted octanol–water partition coefficient (Wildman–Crippen LogP) is 7.67. The van der Waals surface area contributed by atoms with Gasteiger partial charge in [0.15, 0.2) is 11.6 Å². The maximum atomic E-state index is 13.0. The van der Waals surface area contributed by atoms with Crippen LogP contribution in [0, 0.1) is 0 Å². The van der Waals surface area contributed by atoms with Crippen LogP contribution in [0.25, 0.3) is 71.7 Å². The maximum absolute atomic E-state index is 13.0. The van der Waals surface area contributed by atoms with Crippen molar-refractivity contribution in [2.75, 3.05) is 10.8 Å². The Hall–Kier alpha value is -7.69. The van der Waals surface area contributed by atoms with Gasteiger partial charge in [0.05, 0.1) is 29.0 Å². The first-order valence-electron chi connectivity index (χ1n) is 17.4. The molecule has 298 valence electrons. The number of aromatic nitrogens is 1. The fourth-order valence-electron chi connectivity index (χ4n) is 7.18. The number of carboxylic acids is 2. The van der Waals surface area contributed by atoms with Gasteiger partial charge in [-0.05, 0) is 54.1 Å². The highest BCUT2D eigenvalue weighted by atomic mass is 32.2. The number of ether oxygens (including phenoxy) is 1. The topological polar surface area (TPSA) is 239 Å². The number of allylic oxidation sites excluding steroid dienone is 2. The molecule has 0 bridgehead atoms. The van der Waals surface area contributed by atoms with Crippen molar-refractivity contribution in [3.8, 4) is 5.75 Å². The van der Waals surface area contributed by atoms with Gasteiger partial charge in [-0.25, -0.2) is 9.59 Å². The van der Waals surface area contributed by atoms with Gasteiger partial charge < -0.3 is 28.2 Å². The van der Waals surface area contributed by atoms with E-state index in [1.54, 1.807) is 54.6 Å². The van der Waals surface area contributed by atoms with Crippen molar-refractivity contribution in [3.05, 3.63) is 144 Å². The summed E-state index contributed by atoms with van der Waals surface area (Å²) in [5.74, 6) is -4.63. The molecule has 4 heterocycles. The summed E-state index contributed by atoms with van der Waals surface area (Å²) in [5.41, 5.74) is 5.07. The quantitative estimate of drug-likeness (QED) is 0.0619. The van der Waals surface area contributed by atoms with E-state index in [-0.39, 0.29) is 45.4 Å². The Kier molecular flexibility index (Phi) is 8.65. The zero-order valence-electron chi connectivity index (χ0n) is 30.3. The third-order valence-electron chi connectivity index (χ3n) is 9.66. The van der Waals surface area contributed by atoms with Gasteiger partial charge in [-0.1, -0.05) is 52.8 Å². The zero-order chi connectivity index (χ0) is 42.2. The average molecular weight is 846 g/mol. The van der Waals surface area contributed by atoms with E-state index < -0.39 is 54.2 Å². The molecule has 0 unspecified atom stereocenters. The van der Waals surface area contributed by atoms with Crippen molar-refractivity contribution in [3.63, 3.8) is 0 Å². The molecule has 0 fully saturated rings. The van der Waals surface area contributed by atoms with E-state index in [0.717, 1.165) is 27.7 Å². The number of fused-ring (bicyclic) bond motifs is 8. The normalized spacial score (nSPS) is 13.9. The van der Waals surface area contributed by atoms with Crippen molar-refractivity contribution in [2.45, 2.75) is 0 Å². The molecule has 1 aliphatic heterocycles. The molecule has 5 aromatic carbocycles. The summed E-state index contributed by atoms with van der Waals surface area (Å²) in [7, 11) is -9.96. The van der Waals surface area contributed by atoms with E-state index in [4.69, 9.17) is 18.0 Å². The number of benzene rings is 5. The smallest absolute Gasteiger partial charge is 0.385 e. The first-order chi connectivity index (χ1) is 28.6. The first-order valence-corrected chi connectivity index (χ1v) is 20.5. The van der Waals surface area contributed by atoms with Crippen LogP contribution < -0.4 is 14.2 Å². The fraction of sp³-hybridized carbons (Fsp3) is 0.0238. The minimum Gasteiger partial charge on any atom is -0.478 e. The standard InChI is InChI=1S/C42H24N2O14S2/c1-2-7-40(60(52,53)54)44-31-20-35-28(26-9-4-6-11-33(26)56-35)18-37(31)58-39(44)16-23(24-13-12-22(41(45)46)14-29(24)42(47)48)15-38-43(21-59(49,50)51)30-19-34-27(17-36(30)57-38)25-8-3-5-10-32(25)55-34/h3-6,8-20H,1,21H2,(H3-,45,46,47,48,49,50,51,52,53,54)/p+1. The summed E-state index contributed by atoms with van der Waals surface area (Å²) in [4.78, 5) is 25.8. The van der Waals surface area contributed by atoms with Crippen LogP contribution in [0.2, 0.25) is 0 Å². The van der Waals surface area contributed by atoms with Gasteiger partial charge in [0.2, 0.25) is 11.5 Å². The molecule has 4 N–H and O–H groups in total. The van der Waals surface area contributed by atoms with Crippen LogP contribution in [-0.2, 0) is 20.2 Å². The molecule has 0 saturated carbocycles. The number of rotatable bonds is 9. The number of para-hydroxylation sites is 2. The molecule has 60 heavy (non-hydrogen) atoms. The molecule has 18 heteroatoms. The van der Waals surface area contributed by atoms with Gasteiger partial charge in [0, 0.05) is 39.4 Å². The second kappa shape index (κ2) is 13.7. The molecule has 0 saturated heterocycles. The molecule has 8 aromatic rings. The number of anilines is 1.